The number of carboxylic acids is 1. The maximum atomic E-state index is 12.7. The molecule has 2 unspecified atom stereocenters. The van der Waals surface area contributed by atoms with Gasteiger partial charge in [-0.15, -0.1) is 0 Å². The lowest BCUT2D eigenvalue weighted by Gasteiger charge is -2.38. The molecule has 0 saturated carbocycles. The van der Waals surface area contributed by atoms with Gasteiger partial charge in [0.05, 0.1) is 0 Å². The van der Waals surface area contributed by atoms with E-state index in [1.807, 2.05) is 53.4 Å². The monoisotopic (exact) mass is 439 g/mol. The van der Waals surface area contributed by atoms with E-state index in [9.17, 15) is 14.7 Å². The summed E-state index contributed by atoms with van der Waals surface area (Å²) in [7, 11) is 2.08. The number of carbonyl (C=O) groups is 2. The molecule has 7 nitrogen and oxygen atoms in total. The Labute approximate surface area is 190 Å². The highest BCUT2D eigenvalue weighted by Gasteiger charge is 2.32. The summed E-state index contributed by atoms with van der Waals surface area (Å²) in [6.45, 7) is 2.92. The number of hydrogen-bond donors (Lipinski definition) is 1. The predicted octanol–water partition coefficient (Wildman–Crippen LogP) is 2.96. The van der Waals surface area contributed by atoms with E-state index < -0.39 is 5.97 Å². The van der Waals surface area contributed by atoms with Crippen LogP contribution in [0, 0.1) is 11.8 Å². The van der Waals surface area contributed by atoms with E-state index in [0.717, 1.165) is 31.6 Å². The van der Waals surface area contributed by atoms with E-state index in [1.165, 1.54) is 0 Å². The third-order valence-electron chi connectivity index (χ3n) is 6.14. The van der Waals surface area contributed by atoms with Gasteiger partial charge in [0.1, 0.15) is 5.75 Å². The quantitative estimate of drug-likeness (QED) is 0.580. The van der Waals surface area contributed by atoms with Gasteiger partial charge in [0.15, 0.2) is 6.61 Å². The number of piperidine rings is 1. The number of likely N-dealkylation sites (N-methyl/N-ethyl adjacent to an activating group) is 1. The lowest BCUT2D eigenvalue weighted by atomic mass is 9.81. The topological polar surface area (TPSA) is 83.0 Å². The summed E-state index contributed by atoms with van der Waals surface area (Å²) in [6.07, 6.45) is 4.42. The number of aromatic nitrogens is 1. The fraction of sp³-hybridized carbons (Fsp3) is 0.480. The number of carboxylic acid groups (broad SMARTS) is 1. The molecule has 32 heavy (non-hydrogen) atoms. The summed E-state index contributed by atoms with van der Waals surface area (Å²) in [5.74, 6) is 0.119. The van der Waals surface area contributed by atoms with Crippen molar-refractivity contribution in [3.8, 4) is 5.75 Å². The molecule has 1 fully saturated rings. The van der Waals surface area contributed by atoms with Crippen LogP contribution in [0.2, 0.25) is 0 Å². The summed E-state index contributed by atoms with van der Waals surface area (Å²) in [4.78, 5) is 32.5. The first-order chi connectivity index (χ1) is 15.5. The molecule has 0 radical (unpaired) electrons. The molecule has 2 aromatic rings. The zero-order valence-electron chi connectivity index (χ0n) is 18.7. The zero-order chi connectivity index (χ0) is 22.8. The van der Waals surface area contributed by atoms with Gasteiger partial charge in [0.25, 0.3) is 5.91 Å². The Morgan fingerprint density at radius 1 is 1.12 bits per heavy atom. The summed E-state index contributed by atoms with van der Waals surface area (Å²) in [5.41, 5.74) is 1.07. The molecule has 1 amide bonds. The number of carbonyl (C=O) groups excluding carboxylic acids is 1. The first-order valence-electron chi connectivity index (χ1n) is 11.3. The molecule has 1 saturated heterocycles. The Morgan fingerprint density at radius 3 is 2.62 bits per heavy atom. The van der Waals surface area contributed by atoms with Crippen LogP contribution in [0.5, 0.6) is 5.75 Å². The molecular weight excluding hydrogens is 406 g/mol. The van der Waals surface area contributed by atoms with Crippen LogP contribution < -0.4 is 4.74 Å². The van der Waals surface area contributed by atoms with Gasteiger partial charge in [-0.3, -0.25) is 14.6 Å². The molecule has 2 heterocycles. The molecule has 0 spiro atoms. The molecule has 7 heteroatoms. The van der Waals surface area contributed by atoms with E-state index in [-0.39, 0.29) is 30.8 Å². The van der Waals surface area contributed by atoms with Crippen molar-refractivity contribution in [2.24, 2.45) is 11.8 Å². The van der Waals surface area contributed by atoms with Gasteiger partial charge in [-0.2, -0.15) is 0 Å². The average Bonchev–Trinajstić information content (AvgIpc) is 2.81. The largest absolute Gasteiger partial charge is 0.484 e. The van der Waals surface area contributed by atoms with Gasteiger partial charge in [0.2, 0.25) is 0 Å². The van der Waals surface area contributed by atoms with E-state index in [4.69, 9.17) is 4.74 Å². The van der Waals surface area contributed by atoms with Gasteiger partial charge < -0.3 is 19.6 Å². The number of rotatable bonds is 11. The first-order valence-corrected chi connectivity index (χ1v) is 11.3. The van der Waals surface area contributed by atoms with Crippen molar-refractivity contribution in [2.45, 2.75) is 25.7 Å². The molecule has 0 bridgehead atoms. The third-order valence-corrected chi connectivity index (χ3v) is 6.14. The Morgan fingerprint density at radius 2 is 1.91 bits per heavy atom. The fourth-order valence-corrected chi connectivity index (χ4v) is 4.23. The number of hydrogen-bond acceptors (Lipinski definition) is 5. The van der Waals surface area contributed by atoms with Crippen LogP contribution in [-0.4, -0.2) is 71.6 Å². The van der Waals surface area contributed by atoms with Crippen LogP contribution in [0.4, 0.5) is 0 Å². The summed E-state index contributed by atoms with van der Waals surface area (Å²) in [5, 5.41) is 9.34. The highest BCUT2D eigenvalue weighted by atomic mass is 16.5. The van der Waals surface area contributed by atoms with Crippen molar-refractivity contribution in [1.82, 2.24) is 14.8 Å². The van der Waals surface area contributed by atoms with E-state index in [0.29, 0.717) is 25.3 Å². The van der Waals surface area contributed by atoms with Gasteiger partial charge in [0, 0.05) is 44.4 Å². The van der Waals surface area contributed by atoms with Crippen molar-refractivity contribution in [3.63, 3.8) is 0 Å². The Kier molecular flexibility index (Phi) is 9.04. The smallest absolute Gasteiger partial charge is 0.303 e. The fourth-order valence-electron chi connectivity index (χ4n) is 4.23. The highest BCUT2D eigenvalue weighted by Crippen LogP contribution is 2.29. The second kappa shape index (κ2) is 12.2. The standard InChI is InChI=1S/C25H33N3O4/c1-27(15-12-22-7-5-6-13-26-22)14-10-21-18-28(16-11-20(21)17-25(30)31)24(29)19-32-23-8-3-2-4-9-23/h2-9,13,20-21H,10-12,14-19H2,1H3,(H,30,31). The van der Waals surface area contributed by atoms with E-state index in [2.05, 4.69) is 16.9 Å². The normalized spacial score (nSPS) is 18.5. The minimum absolute atomic E-state index is 0.00427. The number of benzene rings is 1. The van der Waals surface area contributed by atoms with Crippen LogP contribution in [-0.2, 0) is 16.0 Å². The maximum Gasteiger partial charge on any atom is 0.303 e. The Hall–Kier alpha value is -2.93. The predicted molar refractivity (Wildman–Crippen MR) is 122 cm³/mol. The molecule has 0 aliphatic carbocycles. The molecule has 1 aliphatic heterocycles. The summed E-state index contributed by atoms with van der Waals surface area (Å²) in [6, 6.07) is 15.2. The van der Waals surface area contributed by atoms with E-state index in [1.54, 1.807) is 6.20 Å². The van der Waals surface area contributed by atoms with Crippen molar-refractivity contribution >= 4 is 11.9 Å². The SMILES string of the molecule is CN(CCc1ccccn1)CCC1CN(C(=O)COc2ccccc2)CCC1CC(=O)O. The van der Waals surface area contributed by atoms with Gasteiger partial charge in [-0.05, 0) is 62.5 Å². The average molecular weight is 440 g/mol. The van der Waals surface area contributed by atoms with Crippen LogP contribution >= 0.6 is 0 Å². The number of aliphatic carboxylic acids is 1. The van der Waals surface area contributed by atoms with Gasteiger partial charge in [-0.25, -0.2) is 0 Å². The van der Waals surface area contributed by atoms with Crippen LogP contribution in [0.25, 0.3) is 0 Å². The van der Waals surface area contributed by atoms with Gasteiger partial charge in [-0.1, -0.05) is 24.3 Å². The minimum atomic E-state index is -0.768. The molecule has 1 aliphatic rings. The highest BCUT2D eigenvalue weighted by molar-refractivity contribution is 5.78. The Balaban J connectivity index is 1.50. The number of likely N-dealkylation sites (tertiary alicyclic amines) is 1. The lowest BCUT2D eigenvalue weighted by molar-refractivity contribution is -0.140. The third kappa shape index (κ3) is 7.64. The van der Waals surface area contributed by atoms with Crippen LogP contribution in [0.3, 0.4) is 0 Å². The first kappa shape index (κ1) is 23.7. The number of amides is 1. The number of pyridine rings is 1. The summed E-state index contributed by atoms with van der Waals surface area (Å²) < 4.78 is 5.62. The molecule has 1 aromatic heterocycles. The second-order valence-electron chi connectivity index (χ2n) is 8.51. The molecular formula is C25H33N3O4. The molecule has 2 atom stereocenters. The van der Waals surface area contributed by atoms with Crippen LogP contribution in [0.1, 0.15) is 25.0 Å². The number of nitrogens with zero attached hydrogens (tertiary/aromatic N) is 3. The van der Waals surface area contributed by atoms with Crippen molar-refractivity contribution < 1.29 is 19.4 Å². The maximum absolute atomic E-state index is 12.7. The zero-order valence-corrected chi connectivity index (χ0v) is 18.7. The van der Waals surface area contributed by atoms with Crippen molar-refractivity contribution in [1.29, 1.82) is 0 Å². The van der Waals surface area contributed by atoms with Gasteiger partial charge >= 0.3 is 5.97 Å². The number of para-hydroxylation sites is 1. The van der Waals surface area contributed by atoms with Crippen molar-refractivity contribution in [2.75, 3.05) is 39.8 Å². The lowest BCUT2D eigenvalue weighted by Crippen LogP contribution is -2.46. The molecule has 172 valence electrons. The molecule has 1 aromatic carbocycles. The number of ether oxygens (including phenoxy) is 1. The molecule has 3 rings (SSSR count). The molecule has 1 N–H and O–H groups in total. The summed E-state index contributed by atoms with van der Waals surface area (Å²) >= 11 is 0. The Bertz CT molecular complexity index is 847. The second-order valence-corrected chi connectivity index (χ2v) is 8.51. The van der Waals surface area contributed by atoms with E-state index >= 15 is 0 Å². The van der Waals surface area contributed by atoms with Crippen LogP contribution in [0.15, 0.2) is 54.7 Å². The minimum Gasteiger partial charge on any atom is -0.484 e. The van der Waals surface area contributed by atoms with Crippen molar-refractivity contribution in [3.05, 3.63) is 60.4 Å².